The number of nitrogens with zero attached hydrogens (tertiary/aromatic N) is 3. The summed E-state index contributed by atoms with van der Waals surface area (Å²) in [4.78, 5) is 16.4. The number of rotatable bonds is 5. The van der Waals surface area contributed by atoms with Gasteiger partial charge < -0.3 is 4.74 Å². The second-order valence-electron chi connectivity index (χ2n) is 3.98. The van der Waals surface area contributed by atoms with Gasteiger partial charge in [-0.3, -0.25) is 9.48 Å². The van der Waals surface area contributed by atoms with Gasteiger partial charge in [-0.2, -0.15) is 5.10 Å². The number of methoxy groups -OCH3 is 1. The number of ether oxygens (including phenoxy) is 1. The summed E-state index contributed by atoms with van der Waals surface area (Å²) >= 11 is 5.81. The highest BCUT2D eigenvalue weighted by molar-refractivity contribution is 6.30. The first-order chi connectivity index (χ1) is 9.17. The van der Waals surface area contributed by atoms with Gasteiger partial charge in [-0.15, -0.1) is 0 Å². The first-order valence-electron chi connectivity index (χ1n) is 5.93. The summed E-state index contributed by atoms with van der Waals surface area (Å²) in [5.41, 5.74) is 0.905. The minimum Gasteiger partial charge on any atom is -0.493 e. The van der Waals surface area contributed by atoms with E-state index in [1.807, 2.05) is 6.92 Å². The smallest absolute Gasteiger partial charge is 0.215 e. The average Bonchev–Trinajstić information content (AvgIpc) is 2.81. The molecule has 0 spiro atoms. The van der Waals surface area contributed by atoms with E-state index in [-0.39, 0.29) is 10.9 Å². The maximum absolute atomic E-state index is 12.5. The van der Waals surface area contributed by atoms with Crippen LogP contribution in [0.15, 0.2) is 24.5 Å². The van der Waals surface area contributed by atoms with Crippen molar-refractivity contribution in [3.8, 4) is 5.75 Å². The molecule has 0 atom stereocenters. The minimum absolute atomic E-state index is 0.174. The van der Waals surface area contributed by atoms with Gasteiger partial charge in [-0.1, -0.05) is 18.5 Å². The lowest BCUT2D eigenvalue weighted by Gasteiger charge is -2.07. The maximum atomic E-state index is 12.5. The molecule has 0 aromatic carbocycles. The zero-order valence-corrected chi connectivity index (χ0v) is 11.5. The van der Waals surface area contributed by atoms with E-state index < -0.39 is 0 Å². The van der Waals surface area contributed by atoms with E-state index in [9.17, 15) is 4.79 Å². The number of aromatic nitrogens is 3. The molecular formula is C13H14ClN3O2. The monoisotopic (exact) mass is 279 g/mol. The molecular weight excluding hydrogens is 266 g/mol. The first kappa shape index (κ1) is 13.5. The Morgan fingerprint density at radius 1 is 1.53 bits per heavy atom. The van der Waals surface area contributed by atoms with E-state index in [0.29, 0.717) is 23.6 Å². The quantitative estimate of drug-likeness (QED) is 0.623. The predicted molar refractivity (Wildman–Crippen MR) is 71.7 cm³/mol. The highest BCUT2D eigenvalue weighted by Crippen LogP contribution is 2.22. The highest BCUT2D eigenvalue weighted by atomic mass is 35.5. The lowest BCUT2D eigenvalue weighted by atomic mass is 10.1. The Kier molecular flexibility index (Phi) is 4.16. The van der Waals surface area contributed by atoms with Crippen LogP contribution in [-0.4, -0.2) is 27.7 Å². The summed E-state index contributed by atoms with van der Waals surface area (Å²) in [6, 6.07) is 3.16. The Labute approximate surface area is 116 Å². The Bertz CT molecular complexity index is 595. The molecule has 100 valence electrons. The predicted octanol–water partition coefficient (Wildman–Crippen LogP) is 2.58. The van der Waals surface area contributed by atoms with E-state index in [4.69, 9.17) is 16.3 Å². The van der Waals surface area contributed by atoms with Crippen molar-refractivity contribution in [2.24, 2.45) is 0 Å². The fraction of sp³-hybridized carbons (Fsp3) is 0.308. The lowest BCUT2D eigenvalue weighted by molar-refractivity contribution is 0.102. The van der Waals surface area contributed by atoms with Crippen LogP contribution in [0.1, 0.15) is 29.4 Å². The third kappa shape index (κ3) is 2.76. The molecule has 0 fully saturated rings. The van der Waals surface area contributed by atoms with E-state index in [2.05, 4.69) is 10.1 Å². The molecule has 0 amide bonds. The van der Waals surface area contributed by atoms with Crippen LogP contribution in [0.4, 0.5) is 0 Å². The van der Waals surface area contributed by atoms with E-state index in [0.717, 1.165) is 6.42 Å². The standard InChI is InChI=1S/C13H14ClN3O2/c1-3-6-17-12(10(19-2)8-16-17)13(18)9-4-5-15-11(14)7-9/h4-5,7-8H,3,6H2,1-2H3. The number of ketones is 1. The van der Waals surface area contributed by atoms with Crippen molar-refractivity contribution >= 4 is 17.4 Å². The molecule has 0 radical (unpaired) electrons. The SMILES string of the molecule is CCCn1ncc(OC)c1C(=O)c1ccnc(Cl)c1. The van der Waals surface area contributed by atoms with Gasteiger partial charge in [0.15, 0.2) is 11.4 Å². The highest BCUT2D eigenvalue weighted by Gasteiger charge is 2.20. The van der Waals surface area contributed by atoms with Crippen LogP contribution >= 0.6 is 11.6 Å². The largest absolute Gasteiger partial charge is 0.493 e. The molecule has 19 heavy (non-hydrogen) atoms. The van der Waals surface area contributed by atoms with Gasteiger partial charge in [0.1, 0.15) is 5.15 Å². The number of carbonyl (C=O) groups excluding carboxylic acids is 1. The van der Waals surface area contributed by atoms with Gasteiger partial charge in [0.2, 0.25) is 5.78 Å². The van der Waals surface area contributed by atoms with Crippen molar-refractivity contribution in [2.75, 3.05) is 7.11 Å². The van der Waals surface area contributed by atoms with Gasteiger partial charge in [-0.05, 0) is 18.6 Å². The van der Waals surface area contributed by atoms with Crippen LogP contribution < -0.4 is 4.74 Å². The number of pyridine rings is 1. The fourth-order valence-electron chi connectivity index (χ4n) is 1.81. The van der Waals surface area contributed by atoms with Crippen molar-refractivity contribution < 1.29 is 9.53 Å². The van der Waals surface area contributed by atoms with E-state index >= 15 is 0 Å². The third-order valence-corrected chi connectivity index (χ3v) is 2.87. The molecule has 2 aromatic heterocycles. The second-order valence-corrected chi connectivity index (χ2v) is 4.37. The van der Waals surface area contributed by atoms with E-state index in [1.165, 1.54) is 19.4 Å². The third-order valence-electron chi connectivity index (χ3n) is 2.67. The molecule has 0 bridgehead atoms. The summed E-state index contributed by atoms with van der Waals surface area (Å²) < 4.78 is 6.84. The van der Waals surface area contributed by atoms with Crippen LogP contribution in [0.5, 0.6) is 5.75 Å². The van der Waals surface area contributed by atoms with Crippen LogP contribution in [0, 0.1) is 0 Å². The fourth-order valence-corrected chi connectivity index (χ4v) is 1.98. The van der Waals surface area contributed by atoms with Gasteiger partial charge in [0.25, 0.3) is 0 Å². The molecule has 0 aliphatic rings. The molecule has 0 aliphatic carbocycles. The summed E-state index contributed by atoms with van der Waals surface area (Å²) in [7, 11) is 1.52. The average molecular weight is 280 g/mol. The first-order valence-corrected chi connectivity index (χ1v) is 6.31. The van der Waals surface area contributed by atoms with E-state index in [1.54, 1.807) is 16.9 Å². The summed E-state index contributed by atoms with van der Waals surface area (Å²) in [5, 5.41) is 4.45. The molecule has 2 aromatic rings. The molecule has 2 heterocycles. The molecule has 0 saturated carbocycles. The van der Waals surface area contributed by atoms with Gasteiger partial charge in [0, 0.05) is 18.3 Å². The normalized spacial score (nSPS) is 10.5. The molecule has 2 rings (SSSR count). The molecule has 5 nitrogen and oxygen atoms in total. The Morgan fingerprint density at radius 3 is 2.95 bits per heavy atom. The zero-order valence-electron chi connectivity index (χ0n) is 10.8. The van der Waals surface area contributed by atoms with Gasteiger partial charge >= 0.3 is 0 Å². The maximum Gasteiger partial charge on any atom is 0.215 e. The molecule has 0 unspecified atom stereocenters. The molecule has 6 heteroatoms. The summed E-state index contributed by atoms with van der Waals surface area (Å²) in [6.07, 6.45) is 3.93. The topological polar surface area (TPSA) is 57.0 Å². The Hall–Kier alpha value is -1.88. The second kappa shape index (κ2) is 5.84. The van der Waals surface area contributed by atoms with Crippen LogP contribution in [-0.2, 0) is 6.54 Å². The van der Waals surface area contributed by atoms with Crippen LogP contribution in [0.25, 0.3) is 0 Å². The zero-order chi connectivity index (χ0) is 13.8. The Morgan fingerprint density at radius 2 is 2.32 bits per heavy atom. The van der Waals surface area contributed by atoms with Gasteiger partial charge in [0.05, 0.1) is 13.3 Å². The molecule has 0 N–H and O–H groups in total. The lowest BCUT2D eigenvalue weighted by Crippen LogP contribution is -2.12. The van der Waals surface area contributed by atoms with Crippen LogP contribution in [0.3, 0.4) is 0 Å². The number of carbonyl (C=O) groups is 1. The minimum atomic E-state index is -0.174. The number of hydrogen-bond donors (Lipinski definition) is 0. The molecule has 0 aliphatic heterocycles. The number of hydrogen-bond acceptors (Lipinski definition) is 4. The van der Waals surface area contributed by atoms with Crippen molar-refractivity contribution in [1.82, 2.24) is 14.8 Å². The van der Waals surface area contributed by atoms with Gasteiger partial charge in [-0.25, -0.2) is 4.98 Å². The number of halogens is 1. The molecule has 0 saturated heterocycles. The van der Waals surface area contributed by atoms with Crippen LogP contribution in [0.2, 0.25) is 5.15 Å². The Balaban J connectivity index is 2.45. The van der Waals surface area contributed by atoms with Crippen molar-refractivity contribution in [3.63, 3.8) is 0 Å². The number of aryl methyl sites for hydroxylation is 1. The summed E-state index contributed by atoms with van der Waals surface area (Å²) in [5.74, 6) is 0.290. The van der Waals surface area contributed by atoms with Crippen molar-refractivity contribution in [3.05, 3.63) is 40.9 Å². The van der Waals surface area contributed by atoms with Crippen molar-refractivity contribution in [1.29, 1.82) is 0 Å². The van der Waals surface area contributed by atoms with Crippen molar-refractivity contribution in [2.45, 2.75) is 19.9 Å². The summed E-state index contributed by atoms with van der Waals surface area (Å²) in [6.45, 7) is 2.68.